The lowest BCUT2D eigenvalue weighted by atomic mass is 9.83. The number of rotatable bonds is 7. The number of fused-ring (bicyclic) bond motifs is 1. The van der Waals surface area contributed by atoms with Gasteiger partial charge in [-0.05, 0) is 42.2 Å². The van der Waals surface area contributed by atoms with Crippen molar-refractivity contribution in [1.82, 2.24) is 0 Å². The third kappa shape index (κ3) is 5.13. The highest BCUT2D eigenvalue weighted by atomic mass is 35.5. The second kappa shape index (κ2) is 10.9. The quantitative estimate of drug-likeness (QED) is 0.271. The average molecular weight is 523 g/mol. The van der Waals surface area contributed by atoms with Crippen LogP contribution < -0.4 is 19.9 Å². The first-order valence-corrected chi connectivity index (χ1v) is 12.3. The second-order valence-corrected chi connectivity index (χ2v) is 9.04. The van der Waals surface area contributed by atoms with E-state index >= 15 is 0 Å². The van der Waals surface area contributed by atoms with Crippen molar-refractivity contribution in [3.63, 3.8) is 0 Å². The first kappa shape index (κ1) is 25.4. The van der Waals surface area contributed by atoms with E-state index < -0.39 is 11.9 Å². The molecule has 1 heterocycles. The molecule has 0 aromatic heterocycles. The number of nitrogens with two attached hydrogens (primary N) is 1. The fourth-order valence-electron chi connectivity index (χ4n) is 3.97. The zero-order valence-electron chi connectivity index (χ0n) is 19.8. The summed E-state index contributed by atoms with van der Waals surface area (Å²) < 4.78 is 16.8. The maximum atomic E-state index is 12.8. The highest BCUT2D eigenvalue weighted by molar-refractivity contribution is 6.37. The zero-order chi connectivity index (χ0) is 25.8. The number of halogens is 2. The van der Waals surface area contributed by atoms with Crippen molar-refractivity contribution in [2.45, 2.75) is 32.6 Å². The number of nitriles is 1. The van der Waals surface area contributed by atoms with Gasteiger partial charge in [-0.25, -0.2) is 4.79 Å². The summed E-state index contributed by atoms with van der Waals surface area (Å²) in [4.78, 5) is 12.8. The van der Waals surface area contributed by atoms with E-state index in [2.05, 4.69) is 13.0 Å². The van der Waals surface area contributed by atoms with Crippen LogP contribution in [0, 0.1) is 11.3 Å². The maximum absolute atomic E-state index is 12.8. The van der Waals surface area contributed by atoms with Crippen molar-refractivity contribution in [3.8, 4) is 23.3 Å². The van der Waals surface area contributed by atoms with Crippen LogP contribution in [0.2, 0.25) is 10.0 Å². The molecule has 2 N–H and O–H groups in total. The minimum absolute atomic E-state index is 0.0132. The molecule has 0 bridgehead atoms. The molecular weight excluding hydrogens is 499 g/mol. The van der Waals surface area contributed by atoms with Crippen LogP contribution in [0.5, 0.6) is 17.2 Å². The van der Waals surface area contributed by atoms with Gasteiger partial charge in [0.25, 0.3) is 0 Å². The van der Waals surface area contributed by atoms with Crippen molar-refractivity contribution >= 4 is 29.2 Å². The van der Waals surface area contributed by atoms with E-state index in [1.807, 2.05) is 31.2 Å². The summed E-state index contributed by atoms with van der Waals surface area (Å²) in [5.74, 6) is -0.0645. The summed E-state index contributed by atoms with van der Waals surface area (Å²) in [7, 11) is 0. The number of allylic oxidation sites excluding steroid dienone is 1. The number of hydrogen-bond acceptors (Lipinski definition) is 6. The Labute approximate surface area is 219 Å². The molecular formula is C28H24Cl2N2O4. The van der Waals surface area contributed by atoms with Gasteiger partial charge < -0.3 is 19.9 Å². The molecule has 1 aliphatic rings. The van der Waals surface area contributed by atoms with Crippen LogP contribution in [0.1, 0.15) is 53.2 Å². The third-order valence-corrected chi connectivity index (χ3v) is 6.37. The number of ether oxygens (including phenoxy) is 3. The van der Waals surface area contributed by atoms with Crippen molar-refractivity contribution in [3.05, 3.63) is 98.4 Å². The number of carbonyl (C=O) groups is 1. The Balaban J connectivity index is 1.62. The molecule has 4 rings (SSSR count). The molecule has 1 aliphatic heterocycles. The van der Waals surface area contributed by atoms with Crippen molar-refractivity contribution in [1.29, 1.82) is 5.26 Å². The van der Waals surface area contributed by atoms with Gasteiger partial charge in [0.05, 0.1) is 28.1 Å². The van der Waals surface area contributed by atoms with Gasteiger partial charge in [-0.1, -0.05) is 67.4 Å². The van der Waals surface area contributed by atoms with E-state index in [9.17, 15) is 10.1 Å². The Bertz CT molecular complexity index is 1350. The van der Waals surface area contributed by atoms with Crippen LogP contribution >= 0.6 is 23.2 Å². The highest BCUT2D eigenvalue weighted by Crippen LogP contribution is 2.43. The Morgan fingerprint density at radius 3 is 2.39 bits per heavy atom. The molecule has 0 amide bonds. The van der Waals surface area contributed by atoms with Gasteiger partial charge in [0.2, 0.25) is 5.88 Å². The van der Waals surface area contributed by atoms with Crippen molar-refractivity contribution < 1.29 is 19.0 Å². The minimum Gasteiger partial charge on any atom is -0.490 e. The Kier molecular flexibility index (Phi) is 7.73. The monoisotopic (exact) mass is 522 g/mol. The molecule has 36 heavy (non-hydrogen) atoms. The number of carbonyl (C=O) groups excluding carboxylic acids is 1. The summed E-state index contributed by atoms with van der Waals surface area (Å²) in [6, 6.07) is 18.1. The number of esters is 1. The standard InChI is InChI=1S/C28H24Cl2N2O4/c1-3-11-34-26-22(29)12-18(13-23(26)30)28(33)35-19-9-10-20-24(14-19)36-27(32)21(15-31)25(20)17-7-5-16(4-2)6-8-17/h5-10,12-14,25H,3-4,11,32H2,1-2H3. The van der Waals surface area contributed by atoms with Gasteiger partial charge in [0.15, 0.2) is 5.75 Å². The maximum Gasteiger partial charge on any atom is 0.343 e. The number of nitrogens with zero attached hydrogens (tertiary/aromatic N) is 1. The molecule has 0 saturated carbocycles. The lowest BCUT2D eigenvalue weighted by molar-refractivity contribution is 0.0734. The lowest BCUT2D eigenvalue weighted by Gasteiger charge is -2.26. The molecule has 3 aromatic carbocycles. The predicted octanol–water partition coefficient (Wildman–Crippen LogP) is 6.78. The summed E-state index contributed by atoms with van der Waals surface area (Å²) in [5, 5.41) is 10.2. The summed E-state index contributed by atoms with van der Waals surface area (Å²) in [6.45, 7) is 4.49. The fraction of sp³-hybridized carbons (Fsp3) is 0.214. The molecule has 8 heteroatoms. The molecule has 0 radical (unpaired) electrons. The van der Waals surface area contributed by atoms with Crippen LogP contribution in [0.15, 0.2) is 66.1 Å². The second-order valence-electron chi connectivity index (χ2n) is 8.23. The lowest BCUT2D eigenvalue weighted by Crippen LogP contribution is -2.21. The summed E-state index contributed by atoms with van der Waals surface area (Å²) in [5.41, 5.74) is 9.44. The SMILES string of the molecule is CCCOc1c(Cl)cc(C(=O)Oc2ccc3c(c2)OC(N)=C(C#N)C3c2ccc(CC)cc2)cc1Cl. The first-order valence-electron chi connectivity index (χ1n) is 11.5. The van der Waals surface area contributed by atoms with Crippen LogP contribution in [0.25, 0.3) is 0 Å². The predicted molar refractivity (Wildman–Crippen MR) is 139 cm³/mol. The Hall–Kier alpha value is -3.66. The molecule has 1 atom stereocenters. The van der Waals surface area contributed by atoms with E-state index in [1.165, 1.54) is 17.7 Å². The highest BCUT2D eigenvalue weighted by Gasteiger charge is 2.31. The molecule has 0 spiro atoms. The van der Waals surface area contributed by atoms with Gasteiger partial charge in [0, 0.05) is 11.6 Å². The molecule has 0 fully saturated rings. The molecule has 6 nitrogen and oxygen atoms in total. The third-order valence-electron chi connectivity index (χ3n) is 5.81. The largest absolute Gasteiger partial charge is 0.490 e. The van der Waals surface area contributed by atoms with Gasteiger partial charge in [-0.3, -0.25) is 0 Å². The summed E-state index contributed by atoms with van der Waals surface area (Å²) >= 11 is 12.5. The summed E-state index contributed by atoms with van der Waals surface area (Å²) in [6.07, 6.45) is 1.70. The zero-order valence-corrected chi connectivity index (χ0v) is 21.3. The molecule has 184 valence electrons. The van der Waals surface area contributed by atoms with E-state index in [0.717, 1.165) is 24.0 Å². The van der Waals surface area contributed by atoms with Gasteiger partial charge in [-0.2, -0.15) is 5.26 Å². The molecule has 0 saturated heterocycles. The number of aryl methyl sites for hydroxylation is 1. The van der Waals surface area contributed by atoms with Crippen LogP contribution in [0.4, 0.5) is 0 Å². The van der Waals surface area contributed by atoms with E-state index in [1.54, 1.807) is 18.2 Å². The first-order chi connectivity index (χ1) is 17.4. The van der Waals surface area contributed by atoms with Gasteiger partial charge >= 0.3 is 5.97 Å². The van der Waals surface area contributed by atoms with E-state index in [0.29, 0.717) is 23.7 Å². The fourth-order valence-corrected chi connectivity index (χ4v) is 4.57. The van der Waals surface area contributed by atoms with Crippen molar-refractivity contribution in [2.75, 3.05) is 6.61 Å². The Morgan fingerprint density at radius 2 is 1.78 bits per heavy atom. The topological polar surface area (TPSA) is 94.6 Å². The van der Waals surface area contributed by atoms with Crippen LogP contribution in [-0.2, 0) is 6.42 Å². The number of benzene rings is 3. The Morgan fingerprint density at radius 1 is 1.08 bits per heavy atom. The minimum atomic E-state index is -0.649. The van der Waals surface area contributed by atoms with Gasteiger partial charge in [0.1, 0.15) is 23.1 Å². The van der Waals surface area contributed by atoms with Crippen molar-refractivity contribution in [2.24, 2.45) is 5.73 Å². The smallest absolute Gasteiger partial charge is 0.343 e. The average Bonchev–Trinajstić information content (AvgIpc) is 2.87. The molecule has 3 aromatic rings. The van der Waals surface area contributed by atoms with Crippen LogP contribution in [-0.4, -0.2) is 12.6 Å². The van der Waals surface area contributed by atoms with E-state index in [-0.39, 0.29) is 27.2 Å². The number of hydrogen-bond donors (Lipinski definition) is 1. The van der Waals surface area contributed by atoms with E-state index in [4.69, 9.17) is 43.1 Å². The van der Waals surface area contributed by atoms with Gasteiger partial charge in [-0.15, -0.1) is 0 Å². The molecule has 0 aliphatic carbocycles. The van der Waals surface area contributed by atoms with Crippen LogP contribution in [0.3, 0.4) is 0 Å². The molecule has 1 unspecified atom stereocenters. The normalized spacial score (nSPS) is 14.5.